The summed E-state index contributed by atoms with van der Waals surface area (Å²) < 4.78 is 13.1. The molecule has 2 N–H and O–H groups in total. The number of hydrogen-bond donors (Lipinski definition) is 1. The number of benzene rings is 1. The van der Waals surface area contributed by atoms with Crippen LogP contribution in [0.2, 0.25) is 0 Å². The molecule has 2 atom stereocenters. The Kier molecular flexibility index (Phi) is 3.94. The summed E-state index contributed by atoms with van der Waals surface area (Å²) in [7, 11) is -0.909. The second-order valence-electron chi connectivity index (χ2n) is 4.57. The van der Waals surface area contributed by atoms with E-state index in [1.165, 1.54) is 0 Å². The summed E-state index contributed by atoms with van der Waals surface area (Å²) >= 11 is 0. The third-order valence-electron chi connectivity index (χ3n) is 3.07. The Morgan fingerprint density at radius 1 is 1.47 bits per heavy atom. The number of rotatable bonds is 4. The van der Waals surface area contributed by atoms with Crippen LogP contribution in [0.1, 0.15) is 12.5 Å². The maximum Gasteiger partial charge on any atom is 0.182 e. The standard InChI is InChI=1S/C12H17N5OS/c1-8-4-5-10(6-11(8)13)12-14-15-16-17(12)7-9(2)19(3)18/h4-6,9H,7,13H2,1-3H3. The van der Waals surface area contributed by atoms with E-state index >= 15 is 0 Å². The Hall–Kier alpha value is -1.76. The monoisotopic (exact) mass is 279 g/mol. The van der Waals surface area contributed by atoms with E-state index in [1.807, 2.05) is 32.0 Å². The summed E-state index contributed by atoms with van der Waals surface area (Å²) in [5.41, 5.74) is 8.49. The molecule has 102 valence electrons. The van der Waals surface area contributed by atoms with Crippen LogP contribution in [0.25, 0.3) is 11.4 Å². The molecule has 0 saturated carbocycles. The molecule has 0 aliphatic rings. The molecule has 1 aromatic carbocycles. The van der Waals surface area contributed by atoms with E-state index in [1.54, 1.807) is 10.9 Å². The van der Waals surface area contributed by atoms with Crippen LogP contribution in [-0.2, 0) is 17.3 Å². The Labute approximate surface area is 114 Å². The highest BCUT2D eigenvalue weighted by Crippen LogP contribution is 2.21. The first-order valence-corrected chi connectivity index (χ1v) is 7.56. The number of nitrogens with two attached hydrogens (primary N) is 1. The molecule has 0 bridgehead atoms. The van der Waals surface area contributed by atoms with E-state index in [9.17, 15) is 4.21 Å². The van der Waals surface area contributed by atoms with Gasteiger partial charge in [-0.05, 0) is 35.9 Å². The van der Waals surface area contributed by atoms with E-state index in [-0.39, 0.29) is 5.25 Å². The van der Waals surface area contributed by atoms with Crippen LogP contribution in [0.5, 0.6) is 0 Å². The van der Waals surface area contributed by atoms with Gasteiger partial charge in [-0.2, -0.15) is 0 Å². The number of aryl methyl sites for hydroxylation is 1. The summed E-state index contributed by atoms with van der Waals surface area (Å²) in [6.45, 7) is 4.37. The van der Waals surface area contributed by atoms with Crippen LogP contribution < -0.4 is 5.73 Å². The van der Waals surface area contributed by atoms with E-state index in [0.717, 1.165) is 11.1 Å². The first-order chi connectivity index (χ1) is 8.99. The van der Waals surface area contributed by atoms with Crippen LogP contribution in [0.3, 0.4) is 0 Å². The van der Waals surface area contributed by atoms with Crippen molar-refractivity contribution in [2.24, 2.45) is 0 Å². The lowest BCUT2D eigenvalue weighted by molar-refractivity contribution is 0.579. The maximum absolute atomic E-state index is 11.4. The fourth-order valence-electron chi connectivity index (χ4n) is 1.66. The van der Waals surface area contributed by atoms with Gasteiger partial charge in [0.2, 0.25) is 0 Å². The van der Waals surface area contributed by atoms with E-state index < -0.39 is 10.8 Å². The normalized spacial score (nSPS) is 14.3. The lowest BCUT2D eigenvalue weighted by Gasteiger charge is -2.10. The van der Waals surface area contributed by atoms with Crippen molar-refractivity contribution in [2.75, 3.05) is 12.0 Å². The van der Waals surface area contributed by atoms with Gasteiger partial charge in [0, 0.05) is 28.3 Å². The third-order valence-corrected chi connectivity index (χ3v) is 4.35. The van der Waals surface area contributed by atoms with Gasteiger partial charge in [0.15, 0.2) is 5.82 Å². The lowest BCUT2D eigenvalue weighted by Crippen LogP contribution is -2.19. The fourth-order valence-corrected chi connectivity index (χ4v) is 2.01. The molecule has 1 aromatic heterocycles. The zero-order chi connectivity index (χ0) is 14.0. The third kappa shape index (κ3) is 2.98. The minimum atomic E-state index is -0.909. The van der Waals surface area contributed by atoms with Gasteiger partial charge < -0.3 is 5.73 Å². The van der Waals surface area contributed by atoms with E-state index in [4.69, 9.17) is 5.73 Å². The largest absolute Gasteiger partial charge is 0.398 e. The molecule has 0 radical (unpaired) electrons. The fraction of sp³-hybridized carbons (Fsp3) is 0.417. The summed E-state index contributed by atoms with van der Waals surface area (Å²) in [5.74, 6) is 0.643. The smallest absolute Gasteiger partial charge is 0.182 e. The summed E-state index contributed by atoms with van der Waals surface area (Å²) in [6.07, 6.45) is 1.68. The van der Waals surface area contributed by atoms with Crippen molar-refractivity contribution >= 4 is 16.5 Å². The molecule has 2 unspecified atom stereocenters. The van der Waals surface area contributed by atoms with Crippen molar-refractivity contribution in [3.8, 4) is 11.4 Å². The van der Waals surface area contributed by atoms with Gasteiger partial charge in [0.25, 0.3) is 0 Å². The highest BCUT2D eigenvalue weighted by molar-refractivity contribution is 7.84. The molecule has 0 aliphatic carbocycles. The topological polar surface area (TPSA) is 86.7 Å². The highest BCUT2D eigenvalue weighted by Gasteiger charge is 2.14. The van der Waals surface area contributed by atoms with Gasteiger partial charge in [-0.15, -0.1) is 5.10 Å². The molecule has 0 amide bonds. The molecule has 0 spiro atoms. The molecule has 19 heavy (non-hydrogen) atoms. The number of anilines is 1. The van der Waals surface area contributed by atoms with E-state index in [0.29, 0.717) is 18.1 Å². The van der Waals surface area contributed by atoms with Gasteiger partial charge >= 0.3 is 0 Å². The Morgan fingerprint density at radius 3 is 2.84 bits per heavy atom. The molecular weight excluding hydrogens is 262 g/mol. The summed E-state index contributed by atoms with van der Waals surface area (Å²) in [4.78, 5) is 0. The van der Waals surface area contributed by atoms with Crippen molar-refractivity contribution in [1.29, 1.82) is 0 Å². The minimum Gasteiger partial charge on any atom is -0.398 e. The molecule has 0 fully saturated rings. The van der Waals surface area contributed by atoms with Gasteiger partial charge in [-0.1, -0.05) is 12.1 Å². The second-order valence-corrected chi connectivity index (χ2v) is 6.37. The van der Waals surface area contributed by atoms with Crippen LogP contribution in [0, 0.1) is 6.92 Å². The van der Waals surface area contributed by atoms with Crippen molar-refractivity contribution in [3.05, 3.63) is 23.8 Å². The van der Waals surface area contributed by atoms with Crippen LogP contribution in [-0.4, -0.2) is 35.9 Å². The Morgan fingerprint density at radius 2 is 2.21 bits per heavy atom. The van der Waals surface area contributed by atoms with E-state index in [2.05, 4.69) is 15.5 Å². The number of nitrogens with zero attached hydrogens (tertiary/aromatic N) is 4. The Bertz CT molecular complexity index is 610. The molecule has 7 heteroatoms. The van der Waals surface area contributed by atoms with Gasteiger partial charge in [-0.3, -0.25) is 4.21 Å². The maximum atomic E-state index is 11.4. The highest BCUT2D eigenvalue weighted by atomic mass is 32.2. The average Bonchev–Trinajstić information content (AvgIpc) is 2.80. The zero-order valence-electron chi connectivity index (χ0n) is 11.2. The summed E-state index contributed by atoms with van der Waals surface area (Å²) in [6, 6.07) is 5.72. The predicted octanol–water partition coefficient (Wildman–Crippen LogP) is 0.998. The van der Waals surface area contributed by atoms with Crippen LogP contribution in [0.15, 0.2) is 18.2 Å². The van der Waals surface area contributed by atoms with Crippen LogP contribution in [0.4, 0.5) is 5.69 Å². The number of aromatic nitrogens is 4. The molecule has 6 nitrogen and oxygen atoms in total. The molecular formula is C12H17N5OS. The zero-order valence-corrected chi connectivity index (χ0v) is 12.0. The Balaban J connectivity index is 2.33. The quantitative estimate of drug-likeness (QED) is 0.844. The summed E-state index contributed by atoms with van der Waals surface area (Å²) in [5, 5.41) is 11.6. The second kappa shape index (κ2) is 5.48. The number of hydrogen-bond acceptors (Lipinski definition) is 5. The molecule has 0 aliphatic heterocycles. The van der Waals surface area contributed by atoms with Crippen molar-refractivity contribution in [2.45, 2.75) is 25.6 Å². The molecule has 2 aromatic rings. The predicted molar refractivity (Wildman–Crippen MR) is 75.9 cm³/mol. The van der Waals surface area contributed by atoms with Gasteiger partial charge in [0.05, 0.1) is 11.8 Å². The number of tetrazole rings is 1. The average molecular weight is 279 g/mol. The molecule has 0 saturated heterocycles. The SMILES string of the molecule is Cc1ccc(-c2nnnn2CC(C)S(C)=O)cc1N. The van der Waals surface area contributed by atoms with Crippen molar-refractivity contribution in [1.82, 2.24) is 20.2 Å². The van der Waals surface area contributed by atoms with Gasteiger partial charge in [-0.25, -0.2) is 4.68 Å². The van der Waals surface area contributed by atoms with Crippen molar-refractivity contribution < 1.29 is 4.21 Å². The first kappa shape index (κ1) is 13.7. The first-order valence-electron chi connectivity index (χ1n) is 5.94. The minimum absolute atomic E-state index is 0.00922. The lowest BCUT2D eigenvalue weighted by atomic mass is 10.1. The van der Waals surface area contributed by atoms with Crippen LogP contribution >= 0.6 is 0 Å². The molecule has 2 rings (SSSR count). The van der Waals surface area contributed by atoms with Gasteiger partial charge in [0.1, 0.15) is 0 Å². The number of nitrogen functional groups attached to an aromatic ring is 1. The van der Waals surface area contributed by atoms with Crippen molar-refractivity contribution in [3.63, 3.8) is 0 Å². The molecule has 1 heterocycles.